The van der Waals surface area contributed by atoms with E-state index in [1.54, 1.807) is 9.58 Å². The van der Waals surface area contributed by atoms with Crippen LogP contribution in [-0.2, 0) is 16.3 Å². The van der Waals surface area contributed by atoms with E-state index in [0.717, 1.165) is 24.8 Å². The number of aromatic nitrogens is 3. The summed E-state index contributed by atoms with van der Waals surface area (Å²) in [5.41, 5.74) is 4.69. The summed E-state index contributed by atoms with van der Waals surface area (Å²) in [6.07, 6.45) is 3.39. The first-order valence-corrected chi connectivity index (χ1v) is 13.5. The fourth-order valence-electron chi connectivity index (χ4n) is 4.47. The van der Waals surface area contributed by atoms with E-state index in [2.05, 4.69) is 31.1 Å². The van der Waals surface area contributed by atoms with E-state index in [0.29, 0.717) is 41.0 Å². The molecule has 1 aliphatic heterocycles. The van der Waals surface area contributed by atoms with Crippen molar-refractivity contribution in [3.05, 3.63) is 47.2 Å². The van der Waals surface area contributed by atoms with E-state index >= 15 is 0 Å². The Morgan fingerprint density at radius 3 is 2.55 bits per heavy atom. The SMILES string of the molecule is CCCCN(C)C(=O)c1cc(-c2ccc(CC)cc2)nc2c1c(C)nn2C1CCS(=O)(=O)C1. The molecule has 3 heterocycles. The lowest BCUT2D eigenvalue weighted by Crippen LogP contribution is -2.28. The molecule has 0 saturated carbocycles. The van der Waals surface area contributed by atoms with Crippen LogP contribution in [0.1, 0.15) is 60.8 Å². The van der Waals surface area contributed by atoms with E-state index in [9.17, 15) is 13.2 Å². The van der Waals surface area contributed by atoms with Gasteiger partial charge >= 0.3 is 0 Å². The number of hydrogen-bond acceptors (Lipinski definition) is 5. The molecule has 8 heteroatoms. The van der Waals surface area contributed by atoms with Crippen LogP contribution in [0.25, 0.3) is 22.3 Å². The second-order valence-electron chi connectivity index (χ2n) is 8.97. The summed E-state index contributed by atoms with van der Waals surface area (Å²) in [4.78, 5) is 20.2. The molecule has 7 nitrogen and oxygen atoms in total. The van der Waals surface area contributed by atoms with Gasteiger partial charge in [-0.05, 0) is 37.8 Å². The summed E-state index contributed by atoms with van der Waals surface area (Å²) in [5, 5.41) is 5.39. The van der Waals surface area contributed by atoms with E-state index in [4.69, 9.17) is 4.98 Å². The van der Waals surface area contributed by atoms with Crippen molar-refractivity contribution in [2.45, 2.75) is 52.5 Å². The number of amides is 1. The number of sulfone groups is 1. The van der Waals surface area contributed by atoms with Gasteiger partial charge in [-0.15, -0.1) is 0 Å². The fourth-order valence-corrected chi connectivity index (χ4v) is 6.16. The summed E-state index contributed by atoms with van der Waals surface area (Å²) in [7, 11) is -1.26. The zero-order chi connectivity index (χ0) is 23.8. The maximum absolute atomic E-state index is 13.5. The number of benzene rings is 1. The Bertz CT molecular complexity index is 1280. The standard InChI is InChI=1S/C25H32N4O3S/c1-5-7-13-28(4)25(30)21-15-22(19-10-8-18(6-2)9-11-19)26-24-23(21)17(3)27-29(24)20-12-14-33(31,32)16-20/h8-11,15,20H,5-7,12-14,16H2,1-4H3. The summed E-state index contributed by atoms with van der Waals surface area (Å²) >= 11 is 0. The van der Waals surface area contributed by atoms with Gasteiger partial charge in [-0.2, -0.15) is 5.10 Å². The van der Waals surface area contributed by atoms with Gasteiger partial charge in [0.05, 0.1) is 39.9 Å². The van der Waals surface area contributed by atoms with E-state index in [-0.39, 0.29) is 23.5 Å². The number of aryl methyl sites for hydroxylation is 2. The van der Waals surface area contributed by atoms with Crippen molar-refractivity contribution in [1.29, 1.82) is 0 Å². The van der Waals surface area contributed by atoms with Crippen LogP contribution in [0.15, 0.2) is 30.3 Å². The smallest absolute Gasteiger partial charge is 0.254 e. The predicted octanol–water partition coefficient (Wildman–Crippen LogP) is 4.20. The molecule has 176 valence electrons. The van der Waals surface area contributed by atoms with E-state index in [1.807, 2.05) is 32.2 Å². The Labute approximate surface area is 195 Å². The van der Waals surface area contributed by atoms with Gasteiger partial charge in [0, 0.05) is 19.2 Å². The van der Waals surface area contributed by atoms with Gasteiger partial charge in [-0.3, -0.25) is 4.79 Å². The maximum Gasteiger partial charge on any atom is 0.254 e. The van der Waals surface area contributed by atoms with Gasteiger partial charge in [0.1, 0.15) is 0 Å². The van der Waals surface area contributed by atoms with Gasteiger partial charge in [0.15, 0.2) is 15.5 Å². The van der Waals surface area contributed by atoms with Crippen LogP contribution < -0.4 is 0 Å². The lowest BCUT2D eigenvalue weighted by molar-refractivity contribution is 0.0795. The highest BCUT2D eigenvalue weighted by atomic mass is 32.2. The third-order valence-corrected chi connectivity index (χ3v) is 8.22. The largest absolute Gasteiger partial charge is 0.342 e. The van der Waals surface area contributed by atoms with Crippen LogP contribution in [0.4, 0.5) is 0 Å². The molecule has 0 radical (unpaired) electrons. The van der Waals surface area contributed by atoms with Crippen molar-refractivity contribution in [3.8, 4) is 11.3 Å². The molecule has 0 bridgehead atoms. The highest BCUT2D eigenvalue weighted by Gasteiger charge is 2.32. The highest BCUT2D eigenvalue weighted by Crippen LogP contribution is 2.32. The lowest BCUT2D eigenvalue weighted by Gasteiger charge is -2.18. The molecule has 1 fully saturated rings. The van der Waals surface area contributed by atoms with Crippen LogP contribution in [0.2, 0.25) is 0 Å². The van der Waals surface area contributed by atoms with Crippen molar-refractivity contribution >= 4 is 26.8 Å². The van der Waals surface area contributed by atoms with Crippen molar-refractivity contribution in [3.63, 3.8) is 0 Å². The number of carbonyl (C=O) groups excluding carboxylic acids is 1. The summed E-state index contributed by atoms with van der Waals surface area (Å²) in [6.45, 7) is 6.75. The summed E-state index contributed by atoms with van der Waals surface area (Å²) < 4.78 is 26.0. The van der Waals surface area contributed by atoms with Crippen molar-refractivity contribution in [2.24, 2.45) is 0 Å². The van der Waals surface area contributed by atoms with Gasteiger partial charge in [-0.25, -0.2) is 18.1 Å². The maximum atomic E-state index is 13.5. The molecular weight excluding hydrogens is 436 g/mol. The van der Waals surface area contributed by atoms with Crippen LogP contribution >= 0.6 is 0 Å². The molecule has 1 atom stereocenters. The quantitative estimate of drug-likeness (QED) is 0.519. The van der Waals surface area contributed by atoms with Crippen molar-refractivity contribution < 1.29 is 13.2 Å². The first-order chi connectivity index (χ1) is 15.7. The molecule has 1 aromatic carbocycles. The average molecular weight is 469 g/mol. The monoisotopic (exact) mass is 468 g/mol. The Kier molecular flexibility index (Phi) is 6.56. The first-order valence-electron chi connectivity index (χ1n) is 11.7. The average Bonchev–Trinajstić information content (AvgIpc) is 3.35. The number of pyridine rings is 1. The molecule has 2 aromatic heterocycles. The second kappa shape index (κ2) is 9.25. The molecule has 33 heavy (non-hydrogen) atoms. The molecule has 0 aliphatic carbocycles. The minimum Gasteiger partial charge on any atom is -0.342 e. The minimum absolute atomic E-state index is 0.0556. The predicted molar refractivity (Wildman–Crippen MR) is 131 cm³/mol. The number of nitrogens with zero attached hydrogens (tertiary/aromatic N) is 4. The number of carbonyl (C=O) groups is 1. The molecule has 1 aliphatic rings. The minimum atomic E-state index is -3.09. The number of hydrogen-bond donors (Lipinski definition) is 0. The van der Waals surface area contributed by atoms with Gasteiger partial charge < -0.3 is 4.90 Å². The van der Waals surface area contributed by atoms with Crippen molar-refractivity contribution in [2.75, 3.05) is 25.1 Å². The molecular formula is C25H32N4O3S. The molecule has 0 spiro atoms. The van der Waals surface area contributed by atoms with Gasteiger partial charge in [0.25, 0.3) is 5.91 Å². The molecule has 0 N–H and O–H groups in total. The molecule has 4 rings (SSSR count). The Morgan fingerprint density at radius 1 is 1.21 bits per heavy atom. The third kappa shape index (κ3) is 4.67. The highest BCUT2D eigenvalue weighted by molar-refractivity contribution is 7.91. The lowest BCUT2D eigenvalue weighted by atomic mass is 10.0. The zero-order valence-corrected chi connectivity index (χ0v) is 20.7. The first kappa shape index (κ1) is 23.4. The Hall–Kier alpha value is -2.74. The third-order valence-electron chi connectivity index (χ3n) is 6.47. The Balaban J connectivity index is 1.89. The number of unbranched alkanes of at least 4 members (excludes halogenated alkanes) is 1. The number of fused-ring (bicyclic) bond motifs is 1. The summed E-state index contributed by atoms with van der Waals surface area (Å²) in [6, 6.07) is 9.78. The van der Waals surface area contributed by atoms with E-state index < -0.39 is 9.84 Å². The number of rotatable bonds is 7. The summed E-state index contributed by atoms with van der Waals surface area (Å²) in [5.74, 6) is 0.144. The Morgan fingerprint density at radius 2 is 1.94 bits per heavy atom. The molecule has 1 unspecified atom stereocenters. The normalized spacial score (nSPS) is 17.5. The molecule has 1 amide bonds. The van der Waals surface area contributed by atoms with Crippen LogP contribution in [0.3, 0.4) is 0 Å². The van der Waals surface area contributed by atoms with Gasteiger partial charge in [-0.1, -0.05) is 44.5 Å². The fraction of sp³-hybridized carbons (Fsp3) is 0.480. The topological polar surface area (TPSA) is 85.2 Å². The molecule has 1 saturated heterocycles. The van der Waals surface area contributed by atoms with E-state index in [1.165, 1.54) is 5.56 Å². The second-order valence-corrected chi connectivity index (χ2v) is 11.2. The zero-order valence-electron chi connectivity index (χ0n) is 19.8. The van der Waals surface area contributed by atoms with Crippen LogP contribution in [0, 0.1) is 6.92 Å². The van der Waals surface area contributed by atoms with Crippen molar-refractivity contribution in [1.82, 2.24) is 19.7 Å². The van der Waals surface area contributed by atoms with Crippen LogP contribution in [-0.4, -0.2) is 59.1 Å². The molecule has 3 aromatic rings. The van der Waals surface area contributed by atoms with Gasteiger partial charge in [0.2, 0.25) is 0 Å². The van der Waals surface area contributed by atoms with Crippen LogP contribution in [0.5, 0.6) is 0 Å².